The molecule has 0 spiro atoms. The molecule has 2 aromatic carbocycles. The van der Waals surface area contributed by atoms with Gasteiger partial charge in [-0.05, 0) is 67.9 Å². The van der Waals surface area contributed by atoms with Crippen molar-refractivity contribution in [2.24, 2.45) is 0 Å². The van der Waals surface area contributed by atoms with Gasteiger partial charge in [-0.15, -0.1) is 0 Å². The summed E-state index contributed by atoms with van der Waals surface area (Å²) in [5, 5.41) is 3.30. The predicted octanol–water partition coefficient (Wildman–Crippen LogP) is 5.09. The van der Waals surface area contributed by atoms with E-state index in [9.17, 15) is 8.78 Å². The van der Waals surface area contributed by atoms with Gasteiger partial charge in [0.2, 0.25) is 0 Å². The predicted molar refractivity (Wildman–Crippen MR) is 83.8 cm³/mol. The van der Waals surface area contributed by atoms with Crippen molar-refractivity contribution >= 4 is 11.8 Å². The van der Waals surface area contributed by atoms with E-state index in [4.69, 9.17) is 0 Å². The second kappa shape index (κ2) is 7.05. The van der Waals surface area contributed by atoms with E-state index in [0.29, 0.717) is 5.56 Å². The van der Waals surface area contributed by atoms with Crippen LogP contribution in [0.2, 0.25) is 0 Å². The highest BCUT2D eigenvalue weighted by Crippen LogP contribution is 2.35. The topological polar surface area (TPSA) is 12.0 Å². The SMILES string of the molecule is CCNC(C)c1cc(F)c(C)cc1Sc1ccc(F)cc1. The highest BCUT2D eigenvalue weighted by molar-refractivity contribution is 7.99. The van der Waals surface area contributed by atoms with Crippen molar-refractivity contribution in [2.45, 2.75) is 36.6 Å². The first-order chi connectivity index (χ1) is 10.0. The molecule has 0 aliphatic heterocycles. The Hall–Kier alpha value is -1.39. The summed E-state index contributed by atoms with van der Waals surface area (Å²) in [4.78, 5) is 1.93. The number of rotatable bonds is 5. The van der Waals surface area contributed by atoms with Gasteiger partial charge in [0, 0.05) is 15.8 Å². The van der Waals surface area contributed by atoms with Crippen LogP contribution in [0, 0.1) is 18.6 Å². The van der Waals surface area contributed by atoms with Gasteiger partial charge >= 0.3 is 0 Å². The van der Waals surface area contributed by atoms with Gasteiger partial charge in [-0.1, -0.05) is 18.7 Å². The number of hydrogen-bond donors (Lipinski definition) is 1. The normalized spacial score (nSPS) is 12.4. The summed E-state index contributed by atoms with van der Waals surface area (Å²) in [7, 11) is 0. The van der Waals surface area contributed by atoms with Gasteiger partial charge in [0.1, 0.15) is 11.6 Å². The average Bonchev–Trinajstić information content (AvgIpc) is 2.45. The lowest BCUT2D eigenvalue weighted by molar-refractivity contribution is 0.571. The van der Waals surface area contributed by atoms with Crippen LogP contribution in [-0.4, -0.2) is 6.54 Å². The zero-order valence-electron chi connectivity index (χ0n) is 12.4. The molecule has 2 aromatic rings. The molecule has 1 nitrogen and oxygen atoms in total. The second-order valence-electron chi connectivity index (χ2n) is 4.97. The van der Waals surface area contributed by atoms with E-state index in [0.717, 1.165) is 21.9 Å². The van der Waals surface area contributed by atoms with Gasteiger partial charge in [0.05, 0.1) is 0 Å². The summed E-state index contributed by atoms with van der Waals surface area (Å²) in [5.74, 6) is -0.450. The first-order valence-electron chi connectivity index (χ1n) is 6.98. The van der Waals surface area contributed by atoms with Crippen LogP contribution in [-0.2, 0) is 0 Å². The number of benzene rings is 2. The van der Waals surface area contributed by atoms with Crippen molar-refractivity contribution in [1.82, 2.24) is 5.32 Å². The van der Waals surface area contributed by atoms with E-state index in [-0.39, 0.29) is 17.7 Å². The molecule has 0 aliphatic carbocycles. The van der Waals surface area contributed by atoms with Crippen LogP contribution in [0.15, 0.2) is 46.2 Å². The third-order valence-electron chi connectivity index (χ3n) is 3.31. The largest absolute Gasteiger partial charge is 0.310 e. The van der Waals surface area contributed by atoms with E-state index < -0.39 is 0 Å². The molecule has 0 radical (unpaired) electrons. The van der Waals surface area contributed by atoms with E-state index in [1.807, 2.05) is 19.9 Å². The molecule has 0 fully saturated rings. The highest BCUT2D eigenvalue weighted by Gasteiger charge is 2.14. The highest BCUT2D eigenvalue weighted by atomic mass is 32.2. The Labute approximate surface area is 128 Å². The quantitative estimate of drug-likeness (QED) is 0.825. The van der Waals surface area contributed by atoms with Crippen molar-refractivity contribution in [3.63, 3.8) is 0 Å². The maximum Gasteiger partial charge on any atom is 0.126 e. The van der Waals surface area contributed by atoms with Crippen LogP contribution >= 0.6 is 11.8 Å². The molecule has 0 saturated heterocycles. The summed E-state index contributed by atoms with van der Waals surface area (Å²) < 4.78 is 26.8. The second-order valence-corrected chi connectivity index (χ2v) is 6.09. The van der Waals surface area contributed by atoms with Gasteiger partial charge in [-0.3, -0.25) is 0 Å². The lowest BCUT2D eigenvalue weighted by Crippen LogP contribution is -2.18. The fourth-order valence-electron chi connectivity index (χ4n) is 2.14. The summed E-state index contributed by atoms with van der Waals surface area (Å²) in [6.07, 6.45) is 0. The van der Waals surface area contributed by atoms with Crippen molar-refractivity contribution in [1.29, 1.82) is 0 Å². The minimum absolute atomic E-state index is 0.0630. The van der Waals surface area contributed by atoms with Crippen LogP contribution in [0.3, 0.4) is 0 Å². The van der Waals surface area contributed by atoms with Gasteiger partial charge in [-0.2, -0.15) is 0 Å². The van der Waals surface area contributed by atoms with E-state index >= 15 is 0 Å². The van der Waals surface area contributed by atoms with Crippen LogP contribution in [0.4, 0.5) is 8.78 Å². The molecule has 0 heterocycles. The maximum absolute atomic E-state index is 13.9. The van der Waals surface area contributed by atoms with Crippen molar-refractivity contribution in [2.75, 3.05) is 6.54 Å². The Morgan fingerprint density at radius 2 is 1.81 bits per heavy atom. The summed E-state index contributed by atoms with van der Waals surface area (Å²) >= 11 is 1.53. The maximum atomic E-state index is 13.9. The molecule has 4 heteroatoms. The molecule has 0 aromatic heterocycles. The number of hydrogen-bond acceptors (Lipinski definition) is 2. The standard InChI is InChI=1S/C17H19F2NS/c1-4-20-12(3)15-10-16(19)11(2)9-17(15)21-14-7-5-13(18)6-8-14/h5-10,12,20H,4H2,1-3H3. The molecule has 1 unspecified atom stereocenters. The van der Waals surface area contributed by atoms with E-state index in [2.05, 4.69) is 5.32 Å². The van der Waals surface area contributed by atoms with Gasteiger partial charge < -0.3 is 5.32 Å². The Morgan fingerprint density at radius 3 is 2.43 bits per heavy atom. The first-order valence-corrected chi connectivity index (χ1v) is 7.79. The van der Waals surface area contributed by atoms with Crippen LogP contribution in [0.25, 0.3) is 0 Å². The van der Waals surface area contributed by atoms with Gasteiger partial charge in [0.25, 0.3) is 0 Å². The molecule has 0 saturated carbocycles. The minimum Gasteiger partial charge on any atom is -0.310 e. The summed E-state index contributed by atoms with van der Waals surface area (Å²) in [6, 6.07) is 9.85. The Kier molecular flexibility index (Phi) is 5.37. The lowest BCUT2D eigenvalue weighted by Gasteiger charge is -2.18. The number of aryl methyl sites for hydroxylation is 1. The van der Waals surface area contributed by atoms with Crippen molar-refractivity contribution < 1.29 is 8.78 Å². The molecular formula is C17H19F2NS. The van der Waals surface area contributed by atoms with Crippen molar-refractivity contribution in [3.8, 4) is 0 Å². The van der Waals surface area contributed by atoms with E-state index in [1.165, 1.54) is 23.9 Å². The molecule has 21 heavy (non-hydrogen) atoms. The van der Waals surface area contributed by atoms with E-state index in [1.54, 1.807) is 25.1 Å². The van der Waals surface area contributed by atoms with Crippen LogP contribution < -0.4 is 5.32 Å². The Balaban J connectivity index is 2.36. The minimum atomic E-state index is -0.254. The molecule has 0 bridgehead atoms. The molecule has 0 amide bonds. The zero-order valence-corrected chi connectivity index (χ0v) is 13.2. The molecule has 0 aliphatic rings. The summed E-state index contributed by atoms with van der Waals surface area (Å²) in [6.45, 7) is 6.61. The Bertz CT molecular complexity index is 611. The van der Waals surface area contributed by atoms with Gasteiger partial charge in [-0.25, -0.2) is 8.78 Å². The molecule has 112 valence electrons. The molecule has 1 N–H and O–H groups in total. The lowest BCUT2D eigenvalue weighted by atomic mass is 10.1. The fraction of sp³-hybridized carbons (Fsp3) is 0.294. The smallest absolute Gasteiger partial charge is 0.126 e. The monoisotopic (exact) mass is 307 g/mol. The van der Waals surface area contributed by atoms with Crippen LogP contribution in [0.5, 0.6) is 0 Å². The van der Waals surface area contributed by atoms with Gasteiger partial charge in [0.15, 0.2) is 0 Å². The number of halogens is 2. The van der Waals surface area contributed by atoms with Crippen LogP contribution in [0.1, 0.15) is 31.0 Å². The van der Waals surface area contributed by atoms with Crippen molar-refractivity contribution in [3.05, 3.63) is 59.2 Å². The molecule has 2 rings (SSSR count). The third kappa shape index (κ3) is 4.05. The molecular weight excluding hydrogens is 288 g/mol. The Morgan fingerprint density at radius 1 is 1.14 bits per heavy atom. The first kappa shape index (κ1) is 16.0. The molecule has 1 atom stereocenters. The summed E-state index contributed by atoms with van der Waals surface area (Å²) in [5.41, 5.74) is 1.54. The number of nitrogens with one attached hydrogen (secondary N) is 1. The average molecular weight is 307 g/mol. The third-order valence-corrected chi connectivity index (χ3v) is 4.39. The fourth-order valence-corrected chi connectivity index (χ4v) is 3.26. The zero-order chi connectivity index (χ0) is 15.4.